The number of nitrogens with zero attached hydrogens (tertiary/aromatic N) is 1. The molecule has 0 atom stereocenters. The Balaban J connectivity index is 0.990. The number of fused-ring (bicyclic) bond motifs is 8. The van der Waals surface area contributed by atoms with Gasteiger partial charge in [0, 0.05) is 44.2 Å². The van der Waals surface area contributed by atoms with Gasteiger partial charge in [0.1, 0.15) is 22.3 Å². The van der Waals surface area contributed by atoms with Gasteiger partial charge in [-0.2, -0.15) is 0 Å². The van der Waals surface area contributed by atoms with E-state index in [0.29, 0.717) is 0 Å². The summed E-state index contributed by atoms with van der Waals surface area (Å²) in [6.45, 7) is 0. The summed E-state index contributed by atoms with van der Waals surface area (Å²) in [6, 6.07) is 70.9. The molecular formula is C52H33NO2. The van der Waals surface area contributed by atoms with Crippen LogP contribution in [0.3, 0.4) is 0 Å². The lowest BCUT2D eigenvalue weighted by molar-refractivity contribution is 0.669. The number of benzene rings is 9. The first-order chi connectivity index (χ1) is 27.2. The SMILES string of the molecule is c1ccc(-c2cccc(N(c3ccc(-c4ccc5c(c4)oc4ccc6ccccc6c45)cc3)c3ccc(-c4cccc5c4oc4ccccc45)cc3)c2)cc1. The Bertz CT molecular complexity index is 3190. The lowest BCUT2D eigenvalue weighted by Crippen LogP contribution is -2.10. The molecular weight excluding hydrogens is 671 g/mol. The molecule has 11 rings (SSSR count). The molecule has 0 radical (unpaired) electrons. The van der Waals surface area contributed by atoms with Gasteiger partial charge in [0.25, 0.3) is 0 Å². The molecule has 2 heterocycles. The van der Waals surface area contributed by atoms with E-state index in [-0.39, 0.29) is 0 Å². The van der Waals surface area contributed by atoms with E-state index in [1.165, 1.54) is 27.3 Å². The third-order valence-corrected chi connectivity index (χ3v) is 10.9. The number of rotatable bonds is 6. The van der Waals surface area contributed by atoms with Crippen LogP contribution in [0, 0.1) is 0 Å². The number of furan rings is 2. The predicted octanol–water partition coefficient (Wildman–Crippen LogP) is 15.1. The molecule has 0 unspecified atom stereocenters. The van der Waals surface area contributed by atoms with Crippen LogP contribution in [0.5, 0.6) is 0 Å². The first-order valence-electron chi connectivity index (χ1n) is 18.7. The second kappa shape index (κ2) is 12.6. The van der Waals surface area contributed by atoms with Crippen LogP contribution in [0.1, 0.15) is 0 Å². The van der Waals surface area contributed by atoms with E-state index in [4.69, 9.17) is 8.83 Å². The highest BCUT2D eigenvalue weighted by molar-refractivity contribution is 6.19. The zero-order valence-corrected chi connectivity index (χ0v) is 29.8. The molecule has 0 N–H and O–H groups in total. The van der Waals surface area contributed by atoms with Crippen molar-refractivity contribution in [2.45, 2.75) is 0 Å². The van der Waals surface area contributed by atoms with Gasteiger partial charge in [0.15, 0.2) is 0 Å². The maximum Gasteiger partial charge on any atom is 0.143 e. The minimum absolute atomic E-state index is 0.894. The highest BCUT2D eigenvalue weighted by Gasteiger charge is 2.17. The summed E-state index contributed by atoms with van der Waals surface area (Å²) < 4.78 is 12.8. The van der Waals surface area contributed by atoms with Gasteiger partial charge in [0.2, 0.25) is 0 Å². The van der Waals surface area contributed by atoms with Crippen molar-refractivity contribution in [3.63, 3.8) is 0 Å². The standard InChI is InChI=1S/C52H33NO2/c1-2-10-34(11-3-1)38-13-8-14-42(32-38)53(41-28-22-37(23-29-41)44-17-9-18-46-45-16-6-7-19-48(45)55-52(44)46)40-26-20-35(21-27-40)39-24-30-47-50(33-39)54-49-31-25-36-12-4-5-15-43(36)51(47)49/h1-33H. The third-order valence-electron chi connectivity index (χ3n) is 10.9. The Labute approximate surface area is 317 Å². The van der Waals surface area contributed by atoms with Crippen molar-refractivity contribution in [1.29, 1.82) is 0 Å². The fraction of sp³-hybridized carbons (Fsp3) is 0. The second-order valence-electron chi connectivity index (χ2n) is 14.1. The summed E-state index contributed by atoms with van der Waals surface area (Å²) in [5, 5.41) is 7.00. The Morgan fingerprint density at radius 3 is 1.78 bits per heavy atom. The van der Waals surface area contributed by atoms with E-state index in [9.17, 15) is 0 Å². The van der Waals surface area contributed by atoms with Gasteiger partial charge >= 0.3 is 0 Å². The van der Waals surface area contributed by atoms with Crippen LogP contribution in [-0.2, 0) is 0 Å². The fourth-order valence-corrected chi connectivity index (χ4v) is 8.20. The van der Waals surface area contributed by atoms with E-state index in [1.54, 1.807) is 0 Å². The molecule has 258 valence electrons. The van der Waals surface area contributed by atoms with Crippen molar-refractivity contribution in [1.82, 2.24) is 0 Å². The van der Waals surface area contributed by atoms with Crippen LogP contribution in [0.2, 0.25) is 0 Å². The van der Waals surface area contributed by atoms with Crippen molar-refractivity contribution in [2.75, 3.05) is 4.90 Å². The van der Waals surface area contributed by atoms with Crippen molar-refractivity contribution in [3.05, 3.63) is 200 Å². The normalized spacial score (nSPS) is 11.6. The van der Waals surface area contributed by atoms with Gasteiger partial charge in [-0.05, 0) is 99.3 Å². The van der Waals surface area contributed by atoms with Crippen molar-refractivity contribution in [3.8, 4) is 33.4 Å². The summed E-state index contributed by atoms with van der Waals surface area (Å²) in [7, 11) is 0. The Morgan fingerprint density at radius 1 is 0.309 bits per heavy atom. The molecule has 3 nitrogen and oxygen atoms in total. The molecule has 0 saturated heterocycles. The molecule has 9 aromatic carbocycles. The minimum Gasteiger partial charge on any atom is -0.456 e. The first kappa shape index (κ1) is 31.2. The molecule has 0 aliphatic heterocycles. The molecule has 0 spiro atoms. The van der Waals surface area contributed by atoms with E-state index < -0.39 is 0 Å². The predicted molar refractivity (Wildman–Crippen MR) is 229 cm³/mol. The first-order valence-corrected chi connectivity index (χ1v) is 18.7. The largest absolute Gasteiger partial charge is 0.456 e. The number of para-hydroxylation sites is 2. The van der Waals surface area contributed by atoms with Crippen LogP contribution in [0.15, 0.2) is 209 Å². The smallest absolute Gasteiger partial charge is 0.143 e. The number of hydrogen-bond acceptors (Lipinski definition) is 3. The van der Waals surface area contributed by atoms with Gasteiger partial charge in [-0.1, -0.05) is 140 Å². The zero-order valence-electron chi connectivity index (χ0n) is 29.8. The molecule has 0 bridgehead atoms. The van der Waals surface area contributed by atoms with Gasteiger partial charge in [-0.15, -0.1) is 0 Å². The van der Waals surface area contributed by atoms with Gasteiger partial charge in [-0.3, -0.25) is 0 Å². The van der Waals surface area contributed by atoms with Crippen LogP contribution in [0.4, 0.5) is 17.1 Å². The quantitative estimate of drug-likeness (QED) is 0.173. The molecule has 0 saturated carbocycles. The van der Waals surface area contributed by atoms with Crippen LogP contribution < -0.4 is 4.90 Å². The van der Waals surface area contributed by atoms with E-state index in [1.807, 2.05) is 12.1 Å². The molecule has 11 aromatic rings. The Morgan fingerprint density at radius 2 is 0.945 bits per heavy atom. The van der Waals surface area contributed by atoms with E-state index in [0.717, 1.165) is 77.8 Å². The monoisotopic (exact) mass is 703 g/mol. The molecule has 0 amide bonds. The molecule has 55 heavy (non-hydrogen) atoms. The molecule has 0 aliphatic carbocycles. The Kier molecular flexibility index (Phi) is 7.17. The average molecular weight is 704 g/mol. The zero-order chi connectivity index (χ0) is 36.3. The summed E-state index contributed by atoms with van der Waals surface area (Å²) in [6.07, 6.45) is 0. The summed E-state index contributed by atoms with van der Waals surface area (Å²) in [5.41, 5.74) is 13.6. The number of hydrogen-bond donors (Lipinski definition) is 0. The third kappa shape index (κ3) is 5.28. The van der Waals surface area contributed by atoms with Crippen molar-refractivity contribution in [2.24, 2.45) is 0 Å². The molecule has 3 heteroatoms. The lowest BCUT2D eigenvalue weighted by atomic mass is 10.00. The molecule has 0 aliphatic rings. The van der Waals surface area contributed by atoms with Crippen LogP contribution >= 0.6 is 0 Å². The highest BCUT2D eigenvalue weighted by Crippen LogP contribution is 2.41. The lowest BCUT2D eigenvalue weighted by Gasteiger charge is -2.26. The second-order valence-corrected chi connectivity index (χ2v) is 14.1. The van der Waals surface area contributed by atoms with Crippen molar-refractivity contribution >= 4 is 71.7 Å². The van der Waals surface area contributed by atoms with Crippen LogP contribution in [-0.4, -0.2) is 0 Å². The summed E-state index contributed by atoms with van der Waals surface area (Å²) >= 11 is 0. The average Bonchev–Trinajstić information content (AvgIpc) is 3.83. The summed E-state index contributed by atoms with van der Waals surface area (Å²) in [4.78, 5) is 2.33. The maximum atomic E-state index is 6.41. The van der Waals surface area contributed by atoms with Crippen molar-refractivity contribution < 1.29 is 8.83 Å². The topological polar surface area (TPSA) is 29.5 Å². The minimum atomic E-state index is 0.894. The van der Waals surface area contributed by atoms with Crippen LogP contribution in [0.25, 0.3) is 88.0 Å². The van der Waals surface area contributed by atoms with E-state index >= 15 is 0 Å². The summed E-state index contributed by atoms with van der Waals surface area (Å²) in [5.74, 6) is 0. The maximum absolute atomic E-state index is 6.41. The molecule has 0 fully saturated rings. The van der Waals surface area contributed by atoms with Gasteiger partial charge in [-0.25, -0.2) is 0 Å². The fourth-order valence-electron chi connectivity index (χ4n) is 8.20. The van der Waals surface area contributed by atoms with Gasteiger partial charge < -0.3 is 13.7 Å². The highest BCUT2D eigenvalue weighted by atomic mass is 16.3. The molecule has 2 aromatic heterocycles. The number of anilines is 3. The Hall–Kier alpha value is -7.36. The van der Waals surface area contributed by atoms with E-state index in [2.05, 4.69) is 193 Å². The van der Waals surface area contributed by atoms with Gasteiger partial charge in [0.05, 0.1) is 0 Å².